The average molecular weight is 512 g/mol. The van der Waals surface area contributed by atoms with E-state index in [9.17, 15) is 5.21 Å². The lowest BCUT2D eigenvalue weighted by Crippen LogP contribution is -2.32. The van der Waals surface area contributed by atoms with Crippen molar-refractivity contribution in [3.8, 4) is 0 Å². The molecule has 0 spiro atoms. The van der Waals surface area contributed by atoms with E-state index in [-0.39, 0.29) is 40.7 Å². The number of nitrogens with zero attached hydrogens (tertiary/aromatic N) is 5. The molecule has 1 aromatic carbocycles. The van der Waals surface area contributed by atoms with E-state index in [1.165, 1.54) is 18.6 Å². The zero-order chi connectivity index (χ0) is 26.2. The molecule has 2 fully saturated rings. The number of nitrogens with two attached hydrogens (primary N) is 1. The first-order valence-corrected chi connectivity index (χ1v) is 13.2. The molecule has 10 heteroatoms. The summed E-state index contributed by atoms with van der Waals surface area (Å²) in [5.74, 6) is -2.31. The van der Waals surface area contributed by atoms with Crippen molar-refractivity contribution < 1.29 is 14.0 Å². The third-order valence-electron chi connectivity index (χ3n) is 8.15. The van der Waals surface area contributed by atoms with Gasteiger partial charge < -0.3 is 20.8 Å². The number of oxime groups is 1. The molecule has 0 radical (unpaired) electrons. The van der Waals surface area contributed by atoms with Crippen LogP contribution in [0.4, 0.5) is 14.6 Å². The molecule has 2 heterocycles. The predicted molar refractivity (Wildman–Crippen MR) is 139 cm³/mol. The number of hydrogen-bond acceptors (Lipinski definition) is 6. The zero-order valence-corrected chi connectivity index (χ0v) is 21.4. The van der Waals surface area contributed by atoms with Gasteiger partial charge in [0.15, 0.2) is 17.3 Å². The third kappa shape index (κ3) is 4.98. The van der Waals surface area contributed by atoms with Crippen molar-refractivity contribution in [1.29, 1.82) is 0 Å². The van der Waals surface area contributed by atoms with E-state index in [2.05, 4.69) is 39.3 Å². The summed E-state index contributed by atoms with van der Waals surface area (Å²) in [7, 11) is 0. The third-order valence-corrected chi connectivity index (χ3v) is 8.15. The molecule has 3 aromatic rings. The van der Waals surface area contributed by atoms with E-state index in [1.54, 1.807) is 22.8 Å². The van der Waals surface area contributed by atoms with Gasteiger partial charge in [0, 0.05) is 18.2 Å². The van der Waals surface area contributed by atoms with Crippen LogP contribution in [0.1, 0.15) is 76.0 Å². The molecule has 8 nitrogen and oxygen atoms in total. The predicted octanol–water partition coefficient (Wildman–Crippen LogP) is 5.49. The molecule has 0 amide bonds. The lowest BCUT2D eigenvalue weighted by Gasteiger charge is -2.32. The maximum Gasteiger partial charge on any atom is 0.330 e. The SMILES string of the molecule is C[C@@H](Nc1nc(/C(N)=N/O)nc2nc(C(F)(F)c3ccccc3)n(C[C@H]3CC[C@H](C)CC3)c12)C1CCC1. The van der Waals surface area contributed by atoms with Crippen molar-refractivity contribution in [2.45, 2.75) is 77.3 Å². The standard InChI is InChI=1S/C27H35F2N7O/c1-16-11-13-18(14-12-16)15-36-21-23(31-17(2)19-7-6-8-19)32-25(22(30)35-37)33-24(21)34-26(36)27(28,29)20-9-4-3-5-10-20/h3-5,9-10,16-19,37H,6-8,11-15H2,1-2H3,(H2,30,35)(H,31,32,33)/t16-,17-,18-/m1/s1. The summed E-state index contributed by atoms with van der Waals surface area (Å²) in [4.78, 5) is 13.3. The quantitative estimate of drug-likeness (QED) is 0.160. The highest BCUT2D eigenvalue weighted by Crippen LogP contribution is 2.40. The molecular weight excluding hydrogens is 476 g/mol. The number of imidazole rings is 1. The molecule has 2 aliphatic rings. The number of hydrogen-bond donors (Lipinski definition) is 3. The van der Waals surface area contributed by atoms with Gasteiger partial charge >= 0.3 is 5.92 Å². The number of anilines is 1. The number of halogens is 2. The molecule has 37 heavy (non-hydrogen) atoms. The summed E-state index contributed by atoms with van der Waals surface area (Å²) in [6.45, 7) is 4.72. The fraction of sp³-hybridized carbons (Fsp3) is 0.556. The summed E-state index contributed by atoms with van der Waals surface area (Å²) in [5.41, 5.74) is 6.24. The lowest BCUT2D eigenvalue weighted by atomic mass is 9.80. The zero-order valence-electron chi connectivity index (χ0n) is 21.4. The van der Waals surface area contributed by atoms with E-state index in [0.29, 0.717) is 29.7 Å². The first-order valence-electron chi connectivity index (χ1n) is 13.2. The summed E-state index contributed by atoms with van der Waals surface area (Å²) >= 11 is 0. The van der Waals surface area contributed by atoms with Gasteiger partial charge in [0.05, 0.1) is 0 Å². The molecule has 5 rings (SSSR count). The van der Waals surface area contributed by atoms with Crippen molar-refractivity contribution in [1.82, 2.24) is 19.5 Å². The van der Waals surface area contributed by atoms with E-state index >= 15 is 8.78 Å². The molecule has 4 N–H and O–H groups in total. The number of amidine groups is 1. The summed E-state index contributed by atoms with van der Waals surface area (Å²) in [5, 5.41) is 15.7. The average Bonchev–Trinajstić information content (AvgIpc) is 3.23. The highest BCUT2D eigenvalue weighted by molar-refractivity contribution is 5.96. The van der Waals surface area contributed by atoms with Gasteiger partial charge in [-0.1, -0.05) is 61.7 Å². The summed E-state index contributed by atoms with van der Waals surface area (Å²) < 4.78 is 33.8. The molecule has 0 unspecified atom stereocenters. The molecule has 0 aliphatic heterocycles. The largest absolute Gasteiger partial charge is 0.409 e. The van der Waals surface area contributed by atoms with Crippen LogP contribution in [0.3, 0.4) is 0 Å². The molecule has 198 valence electrons. The Kier molecular flexibility index (Phi) is 7.00. The van der Waals surface area contributed by atoms with Crippen LogP contribution in [0.15, 0.2) is 35.5 Å². The Balaban J connectivity index is 1.68. The van der Waals surface area contributed by atoms with Crippen LogP contribution in [-0.2, 0) is 12.5 Å². The smallest absolute Gasteiger partial charge is 0.330 e. The molecule has 0 saturated heterocycles. The number of alkyl halides is 2. The Labute approximate surface area is 215 Å². The van der Waals surface area contributed by atoms with Gasteiger partial charge in [-0.3, -0.25) is 0 Å². The fourth-order valence-electron chi connectivity index (χ4n) is 5.53. The number of nitrogens with one attached hydrogen (secondary N) is 1. The van der Waals surface area contributed by atoms with E-state index in [1.807, 2.05) is 0 Å². The second kappa shape index (κ2) is 10.2. The van der Waals surface area contributed by atoms with Crippen molar-refractivity contribution in [3.63, 3.8) is 0 Å². The number of benzene rings is 1. The van der Waals surface area contributed by atoms with Crippen molar-refractivity contribution in [3.05, 3.63) is 47.5 Å². The van der Waals surface area contributed by atoms with Gasteiger partial charge in [-0.15, -0.1) is 0 Å². The number of fused-ring (bicyclic) bond motifs is 1. The van der Waals surface area contributed by atoms with Crippen molar-refractivity contribution >= 4 is 22.8 Å². The lowest BCUT2D eigenvalue weighted by molar-refractivity contribution is 0.0282. The van der Waals surface area contributed by atoms with Gasteiger partial charge in [-0.2, -0.15) is 8.78 Å². The van der Waals surface area contributed by atoms with Crippen LogP contribution < -0.4 is 11.1 Å². The van der Waals surface area contributed by atoms with Crippen LogP contribution in [0, 0.1) is 17.8 Å². The minimum absolute atomic E-state index is 0.0518. The van der Waals surface area contributed by atoms with Crippen LogP contribution in [0.5, 0.6) is 0 Å². The van der Waals surface area contributed by atoms with Gasteiger partial charge in [-0.25, -0.2) is 15.0 Å². The van der Waals surface area contributed by atoms with Crippen LogP contribution in [-0.4, -0.2) is 36.6 Å². The Bertz CT molecular complexity index is 1260. The van der Waals surface area contributed by atoms with Gasteiger partial charge in [0.1, 0.15) is 5.52 Å². The minimum atomic E-state index is -3.35. The number of aromatic nitrogens is 4. The monoisotopic (exact) mass is 511 g/mol. The molecular formula is C27H35F2N7O. The first-order chi connectivity index (χ1) is 17.8. The topological polar surface area (TPSA) is 114 Å². The molecule has 1 atom stereocenters. The van der Waals surface area contributed by atoms with Crippen LogP contribution in [0.2, 0.25) is 0 Å². The molecule has 2 saturated carbocycles. The fourth-order valence-corrected chi connectivity index (χ4v) is 5.53. The van der Waals surface area contributed by atoms with Gasteiger partial charge in [0.25, 0.3) is 0 Å². The molecule has 0 bridgehead atoms. The first kappa shape index (κ1) is 25.4. The van der Waals surface area contributed by atoms with E-state index in [4.69, 9.17) is 5.73 Å². The van der Waals surface area contributed by atoms with Crippen molar-refractivity contribution in [2.75, 3.05) is 5.32 Å². The van der Waals surface area contributed by atoms with E-state index in [0.717, 1.165) is 38.5 Å². The molecule has 2 aliphatic carbocycles. The molecule has 2 aromatic heterocycles. The number of rotatable bonds is 8. The maximum atomic E-state index is 16.1. The van der Waals surface area contributed by atoms with Crippen LogP contribution >= 0.6 is 0 Å². The van der Waals surface area contributed by atoms with Crippen molar-refractivity contribution in [2.24, 2.45) is 28.6 Å². The Morgan fingerprint density at radius 3 is 2.46 bits per heavy atom. The van der Waals surface area contributed by atoms with Gasteiger partial charge in [0.2, 0.25) is 11.7 Å². The minimum Gasteiger partial charge on any atom is -0.409 e. The maximum absolute atomic E-state index is 16.1. The van der Waals surface area contributed by atoms with Crippen LogP contribution in [0.25, 0.3) is 11.2 Å². The van der Waals surface area contributed by atoms with E-state index < -0.39 is 5.92 Å². The summed E-state index contributed by atoms with van der Waals surface area (Å²) in [6, 6.07) is 7.81. The Morgan fingerprint density at radius 1 is 1.14 bits per heavy atom. The highest BCUT2D eigenvalue weighted by atomic mass is 19.3. The Hall–Kier alpha value is -3.30. The summed E-state index contributed by atoms with van der Waals surface area (Å²) in [6.07, 6.45) is 7.49. The second-order valence-corrected chi connectivity index (χ2v) is 10.8. The second-order valence-electron chi connectivity index (χ2n) is 10.8. The normalized spacial score (nSPS) is 22.1. The van der Waals surface area contributed by atoms with Gasteiger partial charge in [-0.05, 0) is 50.4 Å². The highest BCUT2D eigenvalue weighted by Gasteiger charge is 2.41. The Morgan fingerprint density at radius 2 is 1.84 bits per heavy atom.